The van der Waals surface area contributed by atoms with Crippen molar-refractivity contribution in [1.82, 2.24) is 0 Å². The summed E-state index contributed by atoms with van der Waals surface area (Å²) in [7, 11) is 0. The highest BCUT2D eigenvalue weighted by molar-refractivity contribution is 5.53. The second kappa shape index (κ2) is 5.34. The van der Waals surface area contributed by atoms with Crippen LogP contribution in [0, 0.1) is 11.8 Å². The summed E-state index contributed by atoms with van der Waals surface area (Å²) in [4.78, 5) is 4.44. The molecule has 1 heteroatoms. The van der Waals surface area contributed by atoms with Crippen molar-refractivity contribution >= 4 is 6.21 Å². The molecule has 0 spiro atoms. The molecule has 0 aromatic heterocycles. The Morgan fingerprint density at radius 1 is 1.18 bits per heavy atom. The van der Waals surface area contributed by atoms with Crippen molar-refractivity contribution in [3.8, 4) is 0 Å². The highest BCUT2D eigenvalue weighted by Gasteiger charge is 2.11. The molecule has 0 fully saturated rings. The second-order valence-electron chi connectivity index (χ2n) is 3.85. The van der Waals surface area contributed by atoms with Gasteiger partial charge in [-0.3, -0.25) is 4.99 Å². The first-order chi connectivity index (χ1) is 5.07. The quantitative estimate of drug-likeness (QED) is 0.553. The van der Waals surface area contributed by atoms with Gasteiger partial charge >= 0.3 is 0 Å². The molecule has 0 N–H and O–H groups in total. The summed E-state index contributed by atoms with van der Waals surface area (Å²) in [6.45, 7) is 11.0. The maximum Gasteiger partial charge on any atom is 0.0520 e. The number of rotatable bonds is 4. The van der Waals surface area contributed by atoms with Gasteiger partial charge in [-0.15, -0.1) is 0 Å². The maximum absolute atomic E-state index is 4.44. The van der Waals surface area contributed by atoms with E-state index in [1.54, 1.807) is 0 Å². The molecule has 0 saturated carbocycles. The molecule has 0 radical (unpaired) electrons. The van der Waals surface area contributed by atoms with Crippen molar-refractivity contribution in [1.29, 1.82) is 0 Å². The van der Waals surface area contributed by atoms with Gasteiger partial charge in [0.1, 0.15) is 0 Å². The first kappa shape index (κ1) is 10.7. The van der Waals surface area contributed by atoms with Crippen LogP contribution in [0.4, 0.5) is 0 Å². The van der Waals surface area contributed by atoms with E-state index >= 15 is 0 Å². The fraction of sp³-hybridized carbons (Fsp3) is 0.900. The molecule has 1 unspecified atom stereocenters. The van der Waals surface area contributed by atoms with Gasteiger partial charge in [-0.2, -0.15) is 0 Å². The Kier molecular flexibility index (Phi) is 5.18. The van der Waals surface area contributed by atoms with E-state index in [2.05, 4.69) is 32.7 Å². The van der Waals surface area contributed by atoms with E-state index in [-0.39, 0.29) is 0 Å². The summed E-state index contributed by atoms with van der Waals surface area (Å²) in [6.07, 6.45) is 3.13. The molecule has 0 aromatic carbocycles. The van der Waals surface area contributed by atoms with Gasteiger partial charge in [-0.1, -0.05) is 27.7 Å². The van der Waals surface area contributed by atoms with Crippen LogP contribution in [0.15, 0.2) is 4.99 Å². The monoisotopic (exact) mass is 155 g/mol. The molecule has 0 heterocycles. The van der Waals surface area contributed by atoms with Crippen molar-refractivity contribution in [3.63, 3.8) is 0 Å². The maximum atomic E-state index is 4.44. The number of hydrogen-bond donors (Lipinski definition) is 0. The second-order valence-corrected chi connectivity index (χ2v) is 3.85. The smallest absolute Gasteiger partial charge is 0.0520 e. The Morgan fingerprint density at radius 2 is 1.73 bits per heavy atom. The molecule has 0 aliphatic rings. The van der Waals surface area contributed by atoms with Crippen LogP contribution in [0.5, 0.6) is 0 Å². The molecule has 0 aromatic rings. The lowest BCUT2D eigenvalue weighted by atomic mass is 9.95. The topological polar surface area (TPSA) is 12.4 Å². The lowest BCUT2D eigenvalue weighted by molar-refractivity contribution is 0.409. The fourth-order valence-electron chi connectivity index (χ4n) is 1.18. The Bertz CT molecular complexity index is 114. The van der Waals surface area contributed by atoms with Crippen LogP contribution in [0.1, 0.15) is 41.0 Å². The Morgan fingerprint density at radius 3 is 2.00 bits per heavy atom. The van der Waals surface area contributed by atoms with Crippen LogP contribution >= 0.6 is 0 Å². The minimum absolute atomic E-state index is 0.528. The summed E-state index contributed by atoms with van der Waals surface area (Å²) < 4.78 is 0. The van der Waals surface area contributed by atoms with Gasteiger partial charge in [0.2, 0.25) is 0 Å². The molecule has 0 saturated heterocycles. The Hall–Kier alpha value is -0.330. The lowest BCUT2D eigenvalue weighted by Crippen LogP contribution is -2.15. The summed E-state index contributed by atoms with van der Waals surface area (Å²) in [6, 6.07) is 0.528. The fourth-order valence-corrected chi connectivity index (χ4v) is 1.18. The van der Waals surface area contributed by atoms with E-state index in [1.807, 2.05) is 13.1 Å². The Labute approximate surface area is 70.9 Å². The van der Waals surface area contributed by atoms with Crippen molar-refractivity contribution < 1.29 is 0 Å². The summed E-state index contributed by atoms with van der Waals surface area (Å²) in [5.41, 5.74) is 0. The van der Waals surface area contributed by atoms with Crippen molar-refractivity contribution in [2.75, 3.05) is 0 Å². The van der Waals surface area contributed by atoms with Crippen LogP contribution in [-0.4, -0.2) is 12.3 Å². The lowest BCUT2D eigenvalue weighted by Gasteiger charge is -2.17. The largest absolute Gasteiger partial charge is 0.294 e. The predicted octanol–water partition coefficient (Wildman–Crippen LogP) is 3.15. The minimum atomic E-state index is 0.528. The van der Waals surface area contributed by atoms with E-state index in [9.17, 15) is 0 Å². The molecule has 0 amide bonds. The highest BCUT2D eigenvalue weighted by Crippen LogP contribution is 2.15. The van der Waals surface area contributed by atoms with Crippen LogP contribution in [0.25, 0.3) is 0 Å². The van der Waals surface area contributed by atoms with Crippen LogP contribution < -0.4 is 0 Å². The summed E-state index contributed by atoms with van der Waals surface area (Å²) in [5, 5.41) is 0. The van der Waals surface area contributed by atoms with Crippen LogP contribution in [0.2, 0.25) is 0 Å². The number of hydrogen-bond acceptors (Lipinski definition) is 1. The van der Waals surface area contributed by atoms with E-state index < -0.39 is 0 Å². The van der Waals surface area contributed by atoms with Crippen LogP contribution in [0.3, 0.4) is 0 Å². The normalized spacial score (nSPS) is 15.2. The van der Waals surface area contributed by atoms with E-state index in [4.69, 9.17) is 0 Å². The molecule has 1 nitrogen and oxygen atoms in total. The Balaban J connectivity index is 3.89. The highest BCUT2D eigenvalue weighted by atomic mass is 14.8. The molecule has 0 bridgehead atoms. The third-order valence-corrected chi connectivity index (χ3v) is 1.82. The molecular weight excluding hydrogens is 134 g/mol. The zero-order valence-corrected chi connectivity index (χ0v) is 8.46. The first-order valence-electron chi connectivity index (χ1n) is 4.55. The average Bonchev–Trinajstić information content (AvgIpc) is 1.86. The van der Waals surface area contributed by atoms with E-state index in [0.717, 1.165) is 5.92 Å². The molecule has 11 heavy (non-hydrogen) atoms. The third-order valence-electron chi connectivity index (χ3n) is 1.82. The minimum Gasteiger partial charge on any atom is -0.294 e. The predicted molar refractivity (Wildman–Crippen MR) is 52.2 cm³/mol. The zero-order chi connectivity index (χ0) is 8.85. The van der Waals surface area contributed by atoms with Gasteiger partial charge in [0.15, 0.2) is 0 Å². The van der Waals surface area contributed by atoms with Gasteiger partial charge in [-0.25, -0.2) is 0 Å². The summed E-state index contributed by atoms with van der Waals surface area (Å²) in [5.74, 6) is 1.43. The summed E-state index contributed by atoms with van der Waals surface area (Å²) >= 11 is 0. The van der Waals surface area contributed by atoms with Gasteiger partial charge in [0.25, 0.3) is 0 Å². The molecule has 1 atom stereocenters. The molecule has 66 valence electrons. The molecule has 0 aliphatic carbocycles. The van der Waals surface area contributed by atoms with Gasteiger partial charge in [-0.05, 0) is 31.4 Å². The van der Waals surface area contributed by atoms with Crippen molar-refractivity contribution in [2.45, 2.75) is 47.1 Å². The SMILES string of the molecule is CC=NC(CC(C)C)C(C)C. The number of nitrogens with zero attached hydrogens (tertiary/aromatic N) is 1. The van der Waals surface area contributed by atoms with Gasteiger partial charge < -0.3 is 0 Å². The van der Waals surface area contributed by atoms with Crippen LogP contribution in [-0.2, 0) is 0 Å². The molecule has 0 rings (SSSR count). The van der Waals surface area contributed by atoms with Gasteiger partial charge in [0, 0.05) is 0 Å². The van der Waals surface area contributed by atoms with E-state index in [1.165, 1.54) is 6.42 Å². The van der Waals surface area contributed by atoms with Crippen molar-refractivity contribution in [2.24, 2.45) is 16.8 Å². The third kappa shape index (κ3) is 5.00. The zero-order valence-electron chi connectivity index (χ0n) is 8.46. The molecule has 0 aliphatic heterocycles. The standard InChI is InChI=1S/C10H21N/c1-6-11-10(9(4)5)7-8(2)3/h6,8-10H,7H2,1-5H3. The number of aliphatic imine (C=N–C) groups is 1. The molecular formula is C10H21N. The van der Waals surface area contributed by atoms with Crippen molar-refractivity contribution in [3.05, 3.63) is 0 Å². The van der Waals surface area contributed by atoms with Gasteiger partial charge in [0.05, 0.1) is 6.04 Å². The first-order valence-corrected chi connectivity index (χ1v) is 4.55. The average molecular weight is 155 g/mol. The van der Waals surface area contributed by atoms with E-state index in [0.29, 0.717) is 12.0 Å².